The zero-order valence-corrected chi connectivity index (χ0v) is 18.0. The van der Waals surface area contributed by atoms with E-state index in [2.05, 4.69) is 5.32 Å². The minimum Gasteiger partial charge on any atom is -0.493 e. The molecular weight excluding hydrogens is 406 g/mol. The van der Waals surface area contributed by atoms with E-state index in [1.165, 1.54) is 41.6 Å². The predicted octanol–water partition coefficient (Wildman–Crippen LogP) is 2.92. The average molecular weight is 431 g/mol. The van der Waals surface area contributed by atoms with Gasteiger partial charge in [0.15, 0.2) is 29.6 Å². The molecule has 1 amide bonds. The fraction of sp³-hybridized carbons (Fsp3) is 0.273. The number of nitrogens with one attached hydrogen (secondary N) is 1. The lowest BCUT2D eigenvalue weighted by molar-refractivity contribution is -0.142. The normalized spacial score (nSPS) is 10.4. The topological polar surface area (TPSA) is 102 Å². The Labute approximate surface area is 180 Å². The van der Waals surface area contributed by atoms with E-state index in [1.54, 1.807) is 36.4 Å². The van der Waals surface area contributed by atoms with Gasteiger partial charge in [-0.15, -0.1) is 0 Å². The van der Waals surface area contributed by atoms with E-state index in [0.29, 0.717) is 40.0 Å². The number of carbonyl (C=O) groups excluding carboxylic acids is 2. The number of ether oxygens (including phenoxy) is 6. The molecule has 2 aromatic carbocycles. The van der Waals surface area contributed by atoms with E-state index in [0.717, 1.165) is 0 Å². The SMILES string of the molecule is COc1ccc(C=CC(=O)OCC(=O)Nc2cc(OC)c(OC)c(OC)c2)cc1OC. The largest absolute Gasteiger partial charge is 0.493 e. The number of methoxy groups -OCH3 is 5. The van der Waals surface area contributed by atoms with Gasteiger partial charge in [0, 0.05) is 23.9 Å². The highest BCUT2D eigenvalue weighted by atomic mass is 16.5. The molecule has 0 aliphatic heterocycles. The second-order valence-electron chi connectivity index (χ2n) is 6.02. The van der Waals surface area contributed by atoms with Crippen molar-refractivity contribution in [1.29, 1.82) is 0 Å². The van der Waals surface area contributed by atoms with Gasteiger partial charge in [-0.25, -0.2) is 4.79 Å². The molecule has 0 saturated carbocycles. The Morgan fingerprint density at radius 3 is 1.97 bits per heavy atom. The van der Waals surface area contributed by atoms with Gasteiger partial charge in [-0.3, -0.25) is 4.79 Å². The van der Waals surface area contributed by atoms with Crippen molar-refractivity contribution in [2.45, 2.75) is 0 Å². The van der Waals surface area contributed by atoms with Crippen LogP contribution in [-0.4, -0.2) is 54.0 Å². The summed E-state index contributed by atoms with van der Waals surface area (Å²) < 4.78 is 31.1. The van der Waals surface area contributed by atoms with Crippen LogP contribution in [-0.2, 0) is 14.3 Å². The van der Waals surface area contributed by atoms with Crippen molar-refractivity contribution >= 4 is 23.6 Å². The van der Waals surface area contributed by atoms with Crippen molar-refractivity contribution in [3.05, 3.63) is 42.0 Å². The quantitative estimate of drug-likeness (QED) is 0.453. The lowest BCUT2D eigenvalue weighted by atomic mass is 10.2. The van der Waals surface area contributed by atoms with Crippen LogP contribution in [0.1, 0.15) is 5.56 Å². The van der Waals surface area contributed by atoms with Crippen LogP contribution in [0, 0.1) is 0 Å². The lowest BCUT2D eigenvalue weighted by Gasteiger charge is -2.14. The minimum atomic E-state index is -0.671. The molecule has 0 fully saturated rings. The fourth-order valence-corrected chi connectivity index (χ4v) is 2.66. The van der Waals surface area contributed by atoms with Crippen molar-refractivity contribution in [2.24, 2.45) is 0 Å². The van der Waals surface area contributed by atoms with Crippen molar-refractivity contribution in [3.63, 3.8) is 0 Å². The molecule has 0 aliphatic carbocycles. The molecule has 0 aliphatic rings. The van der Waals surface area contributed by atoms with Crippen LogP contribution in [0.25, 0.3) is 6.08 Å². The Kier molecular flexibility index (Phi) is 8.56. The first kappa shape index (κ1) is 23.4. The summed E-state index contributed by atoms with van der Waals surface area (Å²) in [5, 5.41) is 2.61. The van der Waals surface area contributed by atoms with E-state index in [-0.39, 0.29) is 0 Å². The Balaban J connectivity index is 1.95. The molecule has 0 heterocycles. The van der Waals surface area contributed by atoms with E-state index < -0.39 is 18.5 Å². The summed E-state index contributed by atoms with van der Waals surface area (Å²) in [7, 11) is 7.47. The molecule has 0 unspecified atom stereocenters. The number of carbonyl (C=O) groups is 2. The Morgan fingerprint density at radius 2 is 1.42 bits per heavy atom. The molecule has 0 spiro atoms. The third kappa shape index (κ3) is 6.30. The van der Waals surface area contributed by atoms with Gasteiger partial charge in [0.2, 0.25) is 5.75 Å². The number of anilines is 1. The van der Waals surface area contributed by atoms with Crippen molar-refractivity contribution in [3.8, 4) is 28.7 Å². The van der Waals surface area contributed by atoms with Crippen molar-refractivity contribution in [1.82, 2.24) is 0 Å². The lowest BCUT2D eigenvalue weighted by Crippen LogP contribution is -2.20. The van der Waals surface area contributed by atoms with Crippen LogP contribution in [0.4, 0.5) is 5.69 Å². The average Bonchev–Trinajstić information content (AvgIpc) is 2.80. The molecule has 9 heteroatoms. The Morgan fingerprint density at radius 1 is 0.806 bits per heavy atom. The van der Waals surface area contributed by atoms with Crippen LogP contribution < -0.4 is 29.0 Å². The van der Waals surface area contributed by atoms with E-state index in [4.69, 9.17) is 28.4 Å². The molecule has 9 nitrogen and oxygen atoms in total. The molecule has 0 aromatic heterocycles. The maximum absolute atomic E-state index is 12.1. The van der Waals surface area contributed by atoms with Crippen molar-refractivity contribution < 1.29 is 38.0 Å². The first-order valence-electron chi connectivity index (χ1n) is 9.12. The Bertz CT molecular complexity index is 930. The van der Waals surface area contributed by atoms with Crippen LogP contribution in [0.3, 0.4) is 0 Å². The summed E-state index contributed by atoms with van der Waals surface area (Å²) in [6.07, 6.45) is 2.76. The third-order valence-electron chi connectivity index (χ3n) is 4.11. The summed E-state index contributed by atoms with van der Waals surface area (Å²) in [4.78, 5) is 24.1. The van der Waals surface area contributed by atoms with E-state index in [1.807, 2.05) is 0 Å². The van der Waals surface area contributed by atoms with Gasteiger partial charge in [-0.05, 0) is 23.8 Å². The third-order valence-corrected chi connectivity index (χ3v) is 4.11. The number of amides is 1. The standard InChI is InChI=1S/C22H25NO8/c1-26-16-8-6-14(10-17(16)27-2)7-9-21(25)31-13-20(24)23-15-11-18(28-3)22(30-5)19(12-15)29-4/h6-12H,13H2,1-5H3,(H,23,24). The molecule has 1 N–H and O–H groups in total. The van der Waals surface area contributed by atoms with Gasteiger partial charge in [-0.1, -0.05) is 6.07 Å². The number of esters is 1. The molecule has 0 bridgehead atoms. The van der Waals surface area contributed by atoms with Gasteiger partial charge in [0.25, 0.3) is 5.91 Å². The number of hydrogen-bond acceptors (Lipinski definition) is 8. The maximum Gasteiger partial charge on any atom is 0.331 e. The van der Waals surface area contributed by atoms with Crippen LogP contribution in [0.2, 0.25) is 0 Å². The molecule has 31 heavy (non-hydrogen) atoms. The smallest absolute Gasteiger partial charge is 0.331 e. The monoisotopic (exact) mass is 431 g/mol. The second-order valence-corrected chi connectivity index (χ2v) is 6.02. The first-order valence-corrected chi connectivity index (χ1v) is 9.12. The maximum atomic E-state index is 12.1. The first-order chi connectivity index (χ1) is 14.9. The molecule has 0 radical (unpaired) electrons. The summed E-state index contributed by atoms with van der Waals surface area (Å²) in [6, 6.07) is 8.31. The van der Waals surface area contributed by atoms with Crippen LogP contribution in [0.15, 0.2) is 36.4 Å². The zero-order valence-electron chi connectivity index (χ0n) is 18.0. The van der Waals surface area contributed by atoms with Gasteiger partial charge in [0.1, 0.15) is 0 Å². The molecule has 2 aromatic rings. The number of benzene rings is 2. The molecule has 166 valence electrons. The Hall–Kier alpha value is -3.88. The highest BCUT2D eigenvalue weighted by molar-refractivity contribution is 5.95. The van der Waals surface area contributed by atoms with Gasteiger partial charge in [-0.2, -0.15) is 0 Å². The predicted molar refractivity (Wildman–Crippen MR) is 114 cm³/mol. The zero-order chi connectivity index (χ0) is 22.8. The molecule has 0 atom stereocenters. The summed E-state index contributed by atoms with van der Waals surface area (Å²) in [5.41, 5.74) is 1.10. The van der Waals surface area contributed by atoms with Crippen LogP contribution >= 0.6 is 0 Å². The van der Waals surface area contributed by atoms with Gasteiger partial charge >= 0.3 is 5.97 Å². The molecular formula is C22H25NO8. The summed E-state index contributed by atoms with van der Waals surface area (Å²) >= 11 is 0. The van der Waals surface area contributed by atoms with Gasteiger partial charge < -0.3 is 33.7 Å². The molecule has 0 saturated heterocycles. The fourth-order valence-electron chi connectivity index (χ4n) is 2.66. The van der Waals surface area contributed by atoms with E-state index >= 15 is 0 Å². The van der Waals surface area contributed by atoms with Gasteiger partial charge in [0.05, 0.1) is 35.5 Å². The minimum absolute atomic E-state index is 0.381. The molecule has 2 rings (SSSR count). The highest BCUT2D eigenvalue weighted by Gasteiger charge is 2.15. The summed E-state index contributed by atoms with van der Waals surface area (Å²) in [6.45, 7) is -0.467. The number of hydrogen-bond donors (Lipinski definition) is 1. The highest BCUT2D eigenvalue weighted by Crippen LogP contribution is 2.39. The van der Waals surface area contributed by atoms with E-state index in [9.17, 15) is 9.59 Å². The van der Waals surface area contributed by atoms with Crippen LogP contribution in [0.5, 0.6) is 28.7 Å². The number of rotatable bonds is 10. The second kappa shape index (κ2) is 11.3. The van der Waals surface area contributed by atoms with Crippen molar-refractivity contribution in [2.75, 3.05) is 47.5 Å². The summed E-state index contributed by atoms with van der Waals surface area (Å²) in [5.74, 6) is 1.07.